The number of fused-ring (bicyclic) bond motifs is 1. The van der Waals surface area contributed by atoms with Crippen molar-refractivity contribution in [3.63, 3.8) is 0 Å². The Morgan fingerprint density at radius 3 is 2.40 bits per heavy atom. The highest BCUT2D eigenvalue weighted by Gasteiger charge is 2.23. The number of carbonyl (C=O) groups excluding carboxylic acids is 2. The molecule has 4 rings (SSSR count). The molecular weight excluding hydrogens is 316 g/mol. The van der Waals surface area contributed by atoms with Crippen LogP contribution in [0.15, 0.2) is 52.9 Å². The number of benzene rings is 2. The van der Waals surface area contributed by atoms with Gasteiger partial charge in [-0.05, 0) is 50.1 Å². The molecule has 0 atom stereocenters. The molecule has 1 fully saturated rings. The number of anilines is 1. The second-order valence-electron chi connectivity index (χ2n) is 6.33. The van der Waals surface area contributed by atoms with Crippen LogP contribution in [0, 0.1) is 6.92 Å². The van der Waals surface area contributed by atoms with E-state index in [0.717, 1.165) is 23.8 Å². The van der Waals surface area contributed by atoms with Crippen LogP contribution in [0.4, 0.5) is 5.69 Å². The molecule has 0 saturated heterocycles. The van der Waals surface area contributed by atoms with Crippen LogP contribution in [-0.2, 0) is 0 Å². The average molecular weight is 334 g/mol. The molecular formula is C20H18N2O3. The molecule has 0 radical (unpaired) electrons. The van der Waals surface area contributed by atoms with E-state index in [-0.39, 0.29) is 11.8 Å². The van der Waals surface area contributed by atoms with Crippen LogP contribution in [-0.4, -0.2) is 17.9 Å². The zero-order chi connectivity index (χ0) is 17.4. The van der Waals surface area contributed by atoms with Crippen molar-refractivity contribution in [3.8, 4) is 0 Å². The Bertz CT molecular complexity index is 953. The molecule has 2 amide bonds. The van der Waals surface area contributed by atoms with Crippen molar-refractivity contribution >= 4 is 28.5 Å². The molecule has 126 valence electrons. The zero-order valence-electron chi connectivity index (χ0n) is 13.8. The first kappa shape index (κ1) is 15.4. The molecule has 5 heteroatoms. The van der Waals surface area contributed by atoms with E-state index in [2.05, 4.69) is 10.6 Å². The first-order valence-electron chi connectivity index (χ1n) is 8.32. The Labute approximate surface area is 145 Å². The first-order valence-corrected chi connectivity index (χ1v) is 8.32. The maximum Gasteiger partial charge on any atom is 0.291 e. The molecule has 1 aliphatic carbocycles. The van der Waals surface area contributed by atoms with E-state index >= 15 is 0 Å². The van der Waals surface area contributed by atoms with Gasteiger partial charge in [0.2, 0.25) is 0 Å². The number of amides is 2. The van der Waals surface area contributed by atoms with E-state index in [1.807, 2.05) is 31.2 Å². The molecule has 0 aliphatic heterocycles. The van der Waals surface area contributed by atoms with Gasteiger partial charge in [0.05, 0.1) is 0 Å². The number of furan rings is 1. The van der Waals surface area contributed by atoms with Crippen LogP contribution in [0.1, 0.15) is 39.3 Å². The fourth-order valence-corrected chi connectivity index (χ4v) is 2.78. The summed E-state index contributed by atoms with van der Waals surface area (Å²) in [5.41, 5.74) is 2.71. The third-order valence-corrected chi connectivity index (χ3v) is 4.37. The lowest BCUT2D eigenvalue weighted by molar-refractivity contribution is 0.0950. The molecule has 1 aliphatic rings. The Morgan fingerprint density at radius 1 is 1.00 bits per heavy atom. The van der Waals surface area contributed by atoms with Gasteiger partial charge in [-0.15, -0.1) is 0 Å². The Kier molecular flexibility index (Phi) is 3.76. The molecule has 2 aromatic carbocycles. The summed E-state index contributed by atoms with van der Waals surface area (Å²) in [7, 11) is 0. The summed E-state index contributed by atoms with van der Waals surface area (Å²) in [5, 5.41) is 6.68. The topological polar surface area (TPSA) is 71.3 Å². The summed E-state index contributed by atoms with van der Waals surface area (Å²) in [4.78, 5) is 24.5. The van der Waals surface area contributed by atoms with Crippen molar-refractivity contribution in [2.24, 2.45) is 0 Å². The van der Waals surface area contributed by atoms with Crippen LogP contribution >= 0.6 is 0 Å². The fourth-order valence-electron chi connectivity index (χ4n) is 2.78. The molecule has 0 unspecified atom stereocenters. The minimum Gasteiger partial charge on any atom is -0.451 e. The van der Waals surface area contributed by atoms with Gasteiger partial charge in [0.15, 0.2) is 5.76 Å². The monoisotopic (exact) mass is 334 g/mol. The maximum absolute atomic E-state index is 12.5. The number of hydrogen-bond donors (Lipinski definition) is 2. The van der Waals surface area contributed by atoms with E-state index in [0.29, 0.717) is 28.6 Å². The molecule has 1 aromatic heterocycles. The van der Waals surface area contributed by atoms with Gasteiger partial charge in [0, 0.05) is 28.2 Å². The number of hydrogen-bond acceptors (Lipinski definition) is 3. The predicted octanol–water partition coefficient (Wildman–Crippen LogP) is 3.89. The number of rotatable bonds is 4. The Morgan fingerprint density at radius 2 is 1.72 bits per heavy atom. The third kappa shape index (κ3) is 3.13. The van der Waals surface area contributed by atoms with E-state index in [1.54, 1.807) is 24.3 Å². The maximum atomic E-state index is 12.5. The first-order chi connectivity index (χ1) is 12.1. The quantitative estimate of drug-likeness (QED) is 0.760. The van der Waals surface area contributed by atoms with Crippen LogP contribution in [0.2, 0.25) is 0 Å². The number of nitrogens with one attached hydrogen (secondary N) is 2. The van der Waals surface area contributed by atoms with E-state index < -0.39 is 0 Å². The standard InChI is InChI=1S/C20H18N2O3/c1-12-16-4-2-3-5-17(16)25-18(12)20(24)22-14-8-6-13(7-9-14)19(23)21-15-10-11-15/h2-9,15H,10-11H2,1H3,(H,21,23)(H,22,24). The summed E-state index contributed by atoms with van der Waals surface area (Å²) in [5.74, 6) is -0.0749. The van der Waals surface area contributed by atoms with Gasteiger partial charge in [-0.1, -0.05) is 18.2 Å². The minimum atomic E-state index is -0.302. The molecule has 25 heavy (non-hydrogen) atoms. The molecule has 1 saturated carbocycles. The van der Waals surface area contributed by atoms with Crippen molar-refractivity contribution in [3.05, 3.63) is 65.4 Å². The fraction of sp³-hybridized carbons (Fsp3) is 0.200. The van der Waals surface area contributed by atoms with Crippen molar-refractivity contribution in [1.82, 2.24) is 5.32 Å². The Balaban J connectivity index is 1.49. The number of carbonyl (C=O) groups is 2. The second kappa shape index (κ2) is 6.09. The van der Waals surface area contributed by atoms with Gasteiger partial charge < -0.3 is 15.1 Å². The molecule has 5 nitrogen and oxygen atoms in total. The predicted molar refractivity (Wildman–Crippen MR) is 95.8 cm³/mol. The highest BCUT2D eigenvalue weighted by molar-refractivity contribution is 6.06. The normalized spacial score (nSPS) is 13.6. The molecule has 0 bridgehead atoms. The summed E-state index contributed by atoms with van der Waals surface area (Å²) in [6.45, 7) is 1.87. The van der Waals surface area contributed by atoms with E-state index in [4.69, 9.17) is 4.42 Å². The summed E-state index contributed by atoms with van der Waals surface area (Å²) in [6.07, 6.45) is 2.10. The van der Waals surface area contributed by atoms with Gasteiger partial charge in [0.1, 0.15) is 5.58 Å². The highest BCUT2D eigenvalue weighted by Crippen LogP contribution is 2.25. The zero-order valence-corrected chi connectivity index (χ0v) is 13.8. The molecule has 0 spiro atoms. The smallest absolute Gasteiger partial charge is 0.291 e. The van der Waals surface area contributed by atoms with E-state index in [1.165, 1.54) is 0 Å². The summed E-state index contributed by atoms with van der Waals surface area (Å²) < 4.78 is 5.67. The van der Waals surface area contributed by atoms with Gasteiger partial charge in [-0.25, -0.2) is 0 Å². The summed E-state index contributed by atoms with van der Waals surface area (Å²) >= 11 is 0. The van der Waals surface area contributed by atoms with Crippen molar-refractivity contribution in [1.29, 1.82) is 0 Å². The van der Waals surface area contributed by atoms with Crippen LogP contribution in [0.5, 0.6) is 0 Å². The third-order valence-electron chi connectivity index (χ3n) is 4.37. The van der Waals surface area contributed by atoms with E-state index in [9.17, 15) is 9.59 Å². The lowest BCUT2D eigenvalue weighted by atomic mass is 10.1. The summed E-state index contributed by atoms with van der Waals surface area (Å²) in [6, 6.07) is 14.7. The minimum absolute atomic E-state index is 0.0755. The van der Waals surface area contributed by atoms with Gasteiger partial charge >= 0.3 is 0 Å². The molecule has 3 aromatic rings. The van der Waals surface area contributed by atoms with Gasteiger partial charge in [-0.3, -0.25) is 9.59 Å². The van der Waals surface area contributed by atoms with Crippen LogP contribution in [0.25, 0.3) is 11.0 Å². The lowest BCUT2D eigenvalue weighted by Gasteiger charge is -2.06. The highest BCUT2D eigenvalue weighted by atomic mass is 16.3. The van der Waals surface area contributed by atoms with Gasteiger partial charge in [0.25, 0.3) is 11.8 Å². The van der Waals surface area contributed by atoms with Crippen LogP contribution < -0.4 is 10.6 Å². The largest absolute Gasteiger partial charge is 0.451 e. The average Bonchev–Trinajstić information content (AvgIpc) is 3.37. The second-order valence-corrected chi connectivity index (χ2v) is 6.33. The lowest BCUT2D eigenvalue weighted by Crippen LogP contribution is -2.25. The number of para-hydroxylation sites is 1. The van der Waals surface area contributed by atoms with Crippen molar-refractivity contribution < 1.29 is 14.0 Å². The SMILES string of the molecule is Cc1c(C(=O)Nc2ccc(C(=O)NC3CC3)cc2)oc2ccccc12. The number of aryl methyl sites for hydroxylation is 1. The van der Waals surface area contributed by atoms with Crippen LogP contribution in [0.3, 0.4) is 0 Å². The molecule has 1 heterocycles. The van der Waals surface area contributed by atoms with Crippen molar-refractivity contribution in [2.75, 3.05) is 5.32 Å². The van der Waals surface area contributed by atoms with Crippen molar-refractivity contribution in [2.45, 2.75) is 25.8 Å². The van der Waals surface area contributed by atoms with Gasteiger partial charge in [-0.2, -0.15) is 0 Å². The molecule has 2 N–H and O–H groups in total. The Hall–Kier alpha value is -3.08.